The third-order valence-electron chi connectivity index (χ3n) is 5.11. The molecule has 172 valence electrons. The predicted molar refractivity (Wildman–Crippen MR) is 116 cm³/mol. The van der Waals surface area contributed by atoms with Gasteiger partial charge in [-0.1, -0.05) is 18.2 Å². The number of carbonyl (C=O) groups excluding carboxylic acids is 1. The molecule has 0 saturated carbocycles. The standard InChI is InChI=1S/C22H21F3N6O2/c1-13-20(14(2)30(3)29-13)19-8-17(16-6-4-5-7-18(16)28-19)21(32)27-15-9-26-31(10-15)12-33-11-22(23,24)25/h4-10H,11-12H2,1-3H3,(H,27,32). The third-order valence-corrected chi connectivity index (χ3v) is 5.11. The summed E-state index contributed by atoms with van der Waals surface area (Å²) in [5, 5.41) is 11.8. The molecule has 1 amide bonds. The molecule has 4 rings (SSSR count). The number of ether oxygens (including phenoxy) is 1. The molecule has 3 aromatic heterocycles. The number of nitrogens with zero attached hydrogens (tertiary/aromatic N) is 5. The molecule has 33 heavy (non-hydrogen) atoms. The van der Waals surface area contributed by atoms with Crippen LogP contribution in [-0.2, 0) is 18.5 Å². The van der Waals surface area contributed by atoms with Crippen molar-refractivity contribution in [1.29, 1.82) is 0 Å². The van der Waals surface area contributed by atoms with Crippen molar-refractivity contribution >= 4 is 22.5 Å². The number of alkyl halides is 3. The highest BCUT2D eigenvalue weighted by Gasteiger charge is 2.27. The van der Waals surface area contributed by atoms with Crippen molar-refractivity contribution in [3.63, 3.8) is 0 Å². The van der Waals surface area contributed by atoms with E-state index in [1.54, 1.807) is 16.8 Å². The highest BCUT2D eigenvalue weighted by Crippen LogP contribution is 2.29. The molecule has 1 N–H and O–H groups in total. The van der Waals surface area contributed by atoms with Crippen LogP contribution in [0.15, 0.2) is 42.7 Å². The van der Waals surface area contributed by atoms with Gasteiger partial charge in [0.1, 0.15) is 13.3 Å². The zero-order chi connectivity index (χ0) is 23.8. The number of benzene rings is 1. The Kier molecular flexibility index (Phi) is 5.90. The average molecular weight is 458 g/mol. The molecule has 11 heteroatoms. The molecule has 0 aliphatic heterocycles. The van der Waals surface area contributed by atoms with Crippen LogP contribution in [0.1, 0.15) is 21.7 Å². The molecular weight excluding hydrogens is 437 g/mol. The zero-order valence-corrected chi connectivity index (χ0v) is 18.1. The first kappa shape index (κ1) is 22.5. The minimum atomic E-state index is -4.42. The number of aromatic nitrogens is 5. The number of amides is 1. The number of carbonyl (C=O) groups is 1. The summed E-state index contributed by atoms with van der Waals surface area (Å²) in [6.45, 7) is 2.04. The fourth-order valence-corrected chi connectivity index (χ4v) is 3.59. The van der Waals surface area contributed by atoms with Crippen molar-refractivity contribution in [3.8, 4) is 11.3 Å². The Morgan fingerprint density at radius 2 is 1.97 bits per heavy atom. The van der Waals surface area contributed by atoms with E-state index in [0.717, 1.165) is 17.0 Å². The second kappa shape index (κ2) is 8.66. The van der Waals surface area contributed by atoms with Gasteiger partial charge in [0, 0.05) is 23.7 Å². The Bertz CT molecular complexity index is 1330. The van der Waals surface area contributed by atoms with E-state index in [9.17, 15) is 18.0 Å². The maximum absolute atomic E-state index is 13.2. The van der Waals surface area contributed by atoms with E-state index in [1.165, 1.54) is 17.1 Å². The van der Waals surface area contributed by atoms with Crippen LogP contribution in [-0.4, -0.2) is 43.2 Å². The maximum Gasteiger partial charge on any atom is 0.411 e. The van der Waals surface area contributed by atoms with Crippen LogP contribution < -0.4 is 5.32 Å². The summed E-state index contributed by atoms with van der Waals surface area (Å²) >= 11 is 0. The van der Waals surface area contributed by atoms with Crippen LogP contribution >= 0.6 is 0 Å². The van der Waals surface area contributed by atoms with E-state index in [4.69, 9.17) is 4.98 Å². The highest BCUT2D eigenvalue weighted by atomic mass is 19.4. The number of rotatable bonds is 6. The lowest BCUT2D eigenvalue weighted by atomic mass is 10.0. The van der Waals surface area contributed by atoms with E-state index in [2.05, 4.69) is 20.3 Å². The Morgan fingerprint density at radius 3 is 2.67 bits per heavy atom. The van der Waals surface area contributed by atoms with E-state index < -0.39 is 25.4 Å². The molecule has 0 spiro atoms. The normalized spacial score (nSPS) is 11.8. The average Bonchev–Trinajstić information content (AvgIpc) is 3.29. The van der Waals surface area contributed by atoms with Crippen LogP contribution in [0.3, 0.4) is 0 Å². The molecule has 0 saturated heterocycles. The lowest BCUT2D eigenvalue weighted by molar-refractivity contribution is -0.182. The van der Waals surface area contributed by atoms with Gasteiger partial charge in [-0.3, -0.25) is 9.48 Å². The highest BCUT2D eigenvalue weighted by molar-refractivity contribution is 6.13. The Morgan fingerprint density at radius 1 is 1.21 bits per heavy atom. The maximum atomic E-state index is 13.2. The number of hydrogen-bond donors (Lipinski definition) is 1. The Labute approximate surface area is 187 Å². The summed E-state index contributed by atoms with van der Waals surface area (Å²) in [7, 11) is 1.84. The van der Waals surface area contributed by atoms with Crippen molar-refractivity contribution in [2.24, 2.45) is 7.05 Å². The smallest absolute Gasteiger partial charge is 0.350 e. The molecule has 0 radical (unpaired) electrons. The number of hydrogen-bond acceptors (Lipinski definition) is 5. The fourth-order valence-electron chi connectivity index (χ4n) is 3.59. The molecular formula is C22H21F3N6O2. The lowest BCUT2D eigenvalue weighted by Gasteiger charge is -2.10. The quantitative estimate of drug-likeness (QED) is 0.467. The van der Waals surface area contributed by atoms with Crippen molar-refractivity contribution in [1.82, 2.24) is 24.5 Å². The van der Waals surface area contributed by atoms with Gasteiger partial charge in [0.25, 0.3) is 5.91 Å². The lowest BCUT2D eigenvalue weighted by Crippen LogP contribution is -2.18. The molecule has 1 aromatic carbocycles. The first-order valence-electron chi connectivity index (χ1n) is 10.0. The van der Waals surface area contributed by atoms with Crippen LogP contribution in [0.5, 0.6) is 0 Å². The van der Waals surface area contributed by atoms with Gasteiger partial charge in [-0.15, -0.1) is 0 Å². The van der Waals surface area contributed by atoms with E-state index in [1.807, 2.05) is 39.1 Å². The SMILES string of the molecule is Cc1nn(C)c(C)c1-c1cc(C(=O)Nc2cnn(COCC(F)(F)F)c2)c2ccccc2n1. The van der Waals surface area contributed by atoms with Crippen LogP contribution in [0.25, 0.3) is 22.2 Å². The number of fused-ring (bicyclic) bond motifs is 1. The number of aryl methyl sites for hydroxylation is 2. The third kappa shape index (κ3) is 4.87. The minimum Gasteiger partial charge on any atom is -0.350 e. The number of pyridine rings is 1. The summed E-state index contributed by atoms with van der Waals surface area (Å²) in [4.78, 5) is 17.9. The van der Waals surface area contributed by atoms with E-state index in [-0.39, 0.29) is 0 Å². The number of anilines is 1. The summed E-state index contributed by atoms with van der Waals surface area (Å²) in [6.07, 6.45) is -1.68. The molecule has 3 heterocycles. The predicted octanol–water partition coefficient (Wildman–Crippen LogP) is 4.24. The zero-order valence-electron chi connectivity index (χ0n) is 18.1. The van der Waals surface area contributed by atoms with Gasteiger partial charge in [-0.25, -0.2) is 9.67 Å². The van der Waals surface area contributed by atoms with Gasteiger partial charge < -0.3 is 10.1 Å². The summed E-state index contributed by atoms with van der Waals surface area (Å²) in [5.41, 5.74) is 4.57. The van der Waals surface area contributed by atoms with Crippen molar-refractivity contribution in [2.75, 3.05) is 11.9 Å². The summed E-state index contributed by atoms with van der Waals surface area (Å²) in [6, 6.07) is 9.00. The molecule has 0 bridgehead atoms. The number of para-hydroxylation sites is 1. The number of halogens is 3. The van der Waals surface area contributed by atoms with Crippen molar-refractivity contribution in [3.05, 3.63) is 59.7 Å². The summed E-state index contributed by atoms with van der Waals surface area (Å²) < 4.78 is 44.2. The van der Waals surface area contributed by atoms with E-state index >= 15 is 0 Å². The second-order valence-electron chi connectivity index (χ2n) is 7.56. The first-order valence-corrected chi connectivity index (χ1v) is 10.0. The largest absolute Gasteiger partial charge is 0.411 e. The van der Waals surface area contributed by atoms with Gasteiger partial charge in [0.05, 0.1) is 40.5 Å². The van der Waals surface area contributed by atoms with Gasteiger partial charge in [-0.05, 0) is 26.0 Å². The minimum absolute atomic E-state index is 0.326. The second-order valence-corrected chi connectivity index (χ2v) is 7.56. The molecule has 0 atom stereocenters. The van der Waals surface area contributed by atoms with E-state index in [0.29, 0.717) is 27.8 Å². The van der Waals surface area contributed by atoms with Gasteiger partial charge in [-0.2, -0.15) is 23.4 Å². The number of nitrogens with one attached hydrogen (secondary N) is 1. The molecule has 4 aromatic rings. The van der Waals surface area contributed by atoms with Crippen LogP contribution in [0.4, 0.5) is 18.9 Å². The van der Waals surface area contributed by atoms with Crippen LogP contribution in [0.2, 0.25) is 0 Å². The fraction of sp³-hybridized carbons (Fsp3) is 0.273. The topological polar surface area (TPSA) is 86.9 Å². The monoisotopic (exact) mass is 458 g/mol. The van der Waals surface area contributed by atoms with Crippen LogP contribution in [0, 0.1) is 13.8 Å². The Hall–Kier alpha value is -3.73. The van der Waals surface area contributed by atoms with Gasteiger partial charge in [0.2, 0.25) is 0 Å². The molecule has 0 aliphatic carbocycles. The molecule has 0 unspecified atom stereocenters. The molecule has 0 fully saturated rings. The van der Waals surface area contributed by atoms with Gasteiger partial charge in [0.15, 0.2) is 0 Å². The van der Waals surface area contributed by atoms with Gasteiger partial charge >= 0.3 is 6.18 Å². The van der Waals surface area contributed by atoms with Crippen molar-refractivity contribution in [2.45, 2.75) is 26.8 Å². The molecule has 0 aliphatic rings. The summed E-state index contributed by atoms with van der Waals surface area (Å²) in [5.74, 6) is -0.398. The Balaban J connectivity index is 1.62. The first-order chi connectivity index (χ1) is 15.6. The molecule has 8 nitrogen and oxygen atoms in total. The van der Waals surface area contributed by atoms with Crippen molar-refractivity contribution < 1.29 is 22.7 Å².